The van der Waals surface area contributed by atoms with Crippen molar-refractivity contribution in [1.29, 1.82) is 0 Å². The van der Waals surface area contributed by atoms with Crippen molar-refractivity contribution in [3.8, 4) is 0 Å². The highest BCUT2D eigenvalue weighted by atomic mass is 16.2. The molecule has 0 spiro atoms. The summed E-state index contributed by atoms with van der Waals surface area (Å²) < 4.78 is 0. The quantitative estimate of drug-likeness (QED) is 0.597. The minimum absolute atomic E-state index is 0.0173. The van der Waals surface area contributed by atoms with Gasteiger partial charge in [0, 0.05) is 36.0 Å². The Morgan fingerprint density at radius 1 is 0.939 bits per heavy atom. The zero-order valence-electron chi connectivity index (χ0n) is 19.9. The van der Waals surface area contributed by atoms with Gasteiger partial charge in [0.25, 0.3) is 5.91 Å². The van der Waals surface area contributed by atoms with E-state index in [0.717, 1.165) is 87.4 Å². The Labute approximate surface area is 197 Å². The molecule has 178 valence electrons. The predicted octanol–water partition coefficient (Wildman–Crippen LogP) is 4.91. The number of carbonyl (C=O) groups is 2. The topological polar surface area (TPSA) is 73.5 Å². The summed E-state index contributed by atoms with van der Waals surface area (Å²) in [5.74, 6) is 3.10. The van der Waals surface area contributed by atoms with Crippen LogP contribution in [0.2, 0.25) is 0 Å². The molecular formula is C27H38N4O2. The van der Waals surface area contributed by atoms with Crippen LogP contribution in [-0.2, 0) is 0 Å². The van der Waals surface area contributed by atoms with Gasteiger partial charge in [-0.25, -0.2) is 4.79 Å². The van der Waals surface area contributed by atoms with Crippen molar-refractivity contribution in [2.45, 2.75) is 82.7 Å². The van der Waals surface area contributed by atoms with Gasteiger partial charge in [0.1, 0.15) is 0 Å². The first kappa shape index (κ1) is 21.3. The zero-order valence-corrected chi connectivity index (χ0v) is 19.9. The molecule has 0 aromatic heterocycles. The van der Waals surface area contributed by atoms with E-state index in [-0.39, 0.29) is 17.5 Å². The first-order valence-electron chi connectivity index (χ1n) is 13.2. The maximum atomic E-state index is 13.1. The number of carbonyl (C=O) groups excluding carboxylic acids is 2. The molecule has 1 saturated heterocycles. The average Bonchev–Trinajstić information content (AvgIpc) is 3.57. The van der Waals surface area contributed by atoms with E-state index >= 15 is 0 Å². The molecule has 6 heteroatoms. The Kier molecular flexibility index (Phi) is 5.30. The SMILES string of the molecule is CC1CCN(c2ccc(NC(=O)NC34CC5CC(CC(C5)C3)C4)cc2C(=O)NC2CC2)CC1. The van der Waals surface area contributed by atoms with E-state index in [4.69, 9.17) is 0 Å². The van der Waals surface area contributed by atoms with Crippen LogP contribution in [0, 0.1) is 23.7 Å². The average molecular weight is 451 g/mol. The van der Waals surface area contributed by atoms with E-state index in [0.29, 0.717) is 17.3 Å². The largest absolute Gasteiger partial charge is 0.371 e. The van der Waals surface area contributed by atoms with Crippen LogP contribution in [0.4, 0.5) is 16.2 Å². The number of piperidine rings is 1. The van der Waals surface area contributed by atoms with Crippen LogP contribution in [0.3, 0.4) is 0 Å². The van der Waals surface area contributed by atoms with Gasteiger partial charge in [-0.3, -0.25) is 4.79 Å². The molecule has 7 rings (SSSR count). The standard InChI is InChI=1S/C27H38N4O2/c1-17-6-8-31(9-7-17)24-5-4-22(13-23(24)25(32)28-21-2-3-21)29-26(33)30-27-14-18-10-19(15-27)12-20(11-18)16-27/h4-5,13,17-21H,2-3,6-12,14-16H2,1H3,(H,28,32)(H2,29,30,33). The van der Waals surface area contributed by atoms with Crippen molar-refractivity contribution < 1.29 is 9.59 Å². The van der Waals surface area contributed by atoms with Gasteiger partial charge >= 0.3 is 6.03 Å². The second-order valence-corrected chi connectivity index (χ2v) is 11.9. The minimum Gasteiger partial charge on any atom is -0.371 e. The van der Waals surface area contributed by atoms with Gasteiger partial charge in [0.15, 0.2) is 0 Å². The Morgan fingerprint density at radius 2 is 1.58 bits per heavy atom. The molecule has 0 unspecified atom stereocenters. The van der Waals surface area contributed by atoms with E-state index in [1.165, 1.54) is 19.3 Å². The fourth-order valence-electron chi connectivity index (χ4n) is 7.48. The Bertz CT molecular complexity index is 897. The maximum absolute atomic E-state index is 13.1. The number of amides is 3. The number of benzene rings is 1. The molecular weight excluding hydrogens is 412 g/mol. The molecule has 6 aliphatic rings. The summed E-state index contributed by atoms with van der Waals surface area (Å²) in [6.07, 6.45) is 11.9. The lowest BCUT2D eigenvalue weighted by atomic mass is 9.53. The molecule has 33 heavy (non-hydrogen) atoms. The van der Waals surface area contributed by atoms with Gasteiger partial charge < -0.3 is 20.9 Å². The van der Waals surface area contributed by atoms with E-state index in [2.05, 4.69) is 27.8 Å². The lowest BCUT2D eigenvalue weighted by molar-refractivity contribution is -0.0127. The van der Waals surface area contributed by atoms with Gasteiger partial charge in [-0.1, -0.05) is 6.92 Å². The molecule has 0 radical (unpaired) electrons. The smallest absolute Gasteiger partial charge is 0.319 e. The van der Waals surface area contributed by atoms with Gasteiger partial charge in [0.05, 0.1) is 5.56 Å². The van der Waals surface area contributed by atoms with Crippen LogP contribution < -0.4 is 20.9 Å². The Morgan fingerprint density at radius 3 is 2.18 bits per heavy atom. The van der Waals surface area contributed by atoms with Crippen LogP contribution in [0.25, 0.3) is 0 Å². The second-order valence-electron chi connectivity index (χ2n) is 11.9. The molecule has 5 saturated carbocycles. The van der Waals surface area contributed by atoms with Crippen molar-refractivity contribution in [2.75, 3.05) is 23.3 Å². The molecule has 6 fully saturated rings. The third-order valence-electron chi connectivity index (χ3n) is 8.95. The molecule has 3 amide bonds. The van der Waals surface area contributed by atoms with Crippen LogP contribution in [0.15, 0.2) is 18.2 Å². The monoisotopic (exact) mass is 450 g/mol. The first-order valence-corrected chi connectivity index (χ1v) is 13.2. The lowest BCUT2D eigenvalue weighted by Gasteiger charge is -2.56. The summed E-state index contributed by atoms with van der Waals surface area (Å²) in [4.78, 5) is 28.5. The number of rotatable bonds is 5. The van der Waals surface area contributed by atoms with Crippen LogP contribution >= 0.6 is 0 Å². The summed E-state index contributed by atoms with van der Waals surface area (Å²) >= 11 is 0. The number of anilines is 2. The van der Waals surface area contributed by atoms with Crippen molar-refractivity contribution in [3.05, 3.63) is 23.8 Å². The summed E-state index contributed by atoms with van der Waals surface area (Å²) in [6.45, 7) is 4.25. The number of nitrogens with one attached hydrogen (secondary N) is 3. The first-order chi connectivity index (χ1) is 15.9. The van der Waals surface area contributed by atoms with E-state index in [1.54, 1.807) is 0 Å². The fraction of sp³-hybridized carbons (Fsp3) is 0.704. The molecule has 1 aromatic rings. The Balaban J connectivity index is 1.18. The number of urea groups is 1. The fourth-order valence-corrected chi connectivity index (χ4v) is 7.48. The second kappa shape index (κ2) is 8.21. The highest BCUT2D eigenvalue weighted by Crippen LogP contribution is 2.55. The summed E-state index contributed by atoms with van der Waals surface area (Å²) in [7, 11) is 0. The van der Waals surface area contributed by atoms with Crippen LogP contribution in [-0.4, -0.2) is 36.6 Å². The Hall–Kier alpha value is -2.24. The molecule has 0 atom stereocenters. The highest BCUT2D eigenvalue weighted by Gasteiger charge is 2.51. The lowest BCUT2D eigenvalue weighted by Crippen LogP contribution is -2.60. The third-order valence-corrected chi connectivity index (χ3v) is 8.95. The van der Waals surface area contributed by atoms with Crippen molar-refractivity contribution in [2.24, 2.45) is 23.7 Å². The van der Waals surface area contributed by atoms with Gasteiger partial charge in [-0.2, -0.15) is 0 Å². The molecule has 4 bridgehead atoms. The molecule has 1 heterocycles. The molecule has 1 aromatic carbocycles. The van der Waals surface area contributed by atoms with Gasteiger partial charge in [0.2, 0.25) is 0 Å². The number of hydrogen-bond acceptors (Lipinski definition) is 3. The summed E-state index contributed by atoms with van der Waals surface area (Å²) in [5.41, 5.74) is 2.36. The van der Waals surface area contributed by atoms with Crippen molar-refractivity contribution in [1.82, 2.24) is 10.6 Å². The van der Waals surface area contributed by atoms with E-state index in [1.807, 2.05) is 18.2 Å². The summed E-state index contributed by atoms with van der Waals surface area (Å²) in [5, 5.41) is 9.60. The van der Waals surface area contributed by atoms with Gasteiger partial charge in [-0.15, -0.1) is 0 Å². The van der Waals surface area contributed by atoms with Crippen molar-refractivity contribution >= 4 is 23.3 Å². The summed E-state index contributed by atoms with van der Waals surface area (Å²) in [6, 6.07) is 6.05. The predicted molar refractivity (Wildman–Crippen MR) is 131 cm³/mol. The minimum atomic E-state index is -0.120. The van der Waals surface area contributed by atoms with Gasteiger partial charge in [-0.05, 0) is 106 Å². The zero-order chi connectivity index (χ0) is 22.6. The molecule has 3 N–H and O–H groups in total. The molecule has 1 aliphatic heterocycles. The molecule has 6 nitrogen and oxygen atoms in total. The third kappa shape index (κ3) is 4.45. The van der Waals surface area contributed by atoms with Crippen LogP contribution in [0.5, 0.6) is 0 Å². The maximum Gasteiger partial charge on any atom is 0.319 e. The number of nitrogens with zero attached hydrogens (tertiary/aromatic N) is 1. The number of hydrogen-bond donors (Lipinski definition) is 3. The highest BCUT2D eigenvalue weighted by molar-refractivity contribution is 6.02. The normalized spacial score (nSPS) is 33.1. The van der Waals surface area contributed by atoms with Crippen molar-refractivity contribution in [3.63, 3.8) is 0 Å². The molecule has 5 aliphatic carbocycles. The van der Waals surface area contributed by atoms with E-state index in [9.17, 15) is 9.59 Å². The van der Waals surface area contributed by atoms with Crippen LogP contribution in [0.1, 0.15) is 81.5 Å². The van der Waals surface area contributed by atoms with E-state index < -0.39 is 0 Å².